The first-order valence-corrected chi connectivity index (χ1v) is 14.1. The van der Waals surface area contributed by atoms with Gasteiger partial charge in [0.25, 0.3) is 0 Å². The van der Waals surface area contributed by atoms with Crippen LogP contribution >= 0.6 is 11.8 Å². The van der Waals surface area contributed by atoms with Gasteiger partial charge in [-0.1, -0.05) is 6.07 Å². The molecule has 0 saturated carbocycles. The Hall–Kier alpha value is -2.70. The molecular formula is C27H33F3N4O4S. The van der Waals surface area contributed by atoms with Crippen molar-refractivity contribution in [2.75, 3.05) is 62.8 Å². The molecule has 1 N–H and O–H groups in total. The lowest BCUT2D eigenvalue weighted by molar-refractivity contribution is -0.0333. The van der Waals surface area contributed by atoms with Crippen LogP contribution in [0.1, 0.15) is 24.8 Å². The van der Waals surface area contributed by atoms with Gasteiger partial charge in [-0.25, -0.2) is 9.78 Å². The second-order valence-corrected chi connectivity index (χ2v) is 11.3. The minimum atomic E-state index is -4.30. The van der Waals surface area contributed by atoms with Crippen LogP contribution in [0.15, 0.2) is 30.5 Å². The highest BCUT2D eigenvalue weighted by Gasteiger charge is 2.37. The maximum absolute atomic E-state index is 12.8. The Morgan fingerprint density at radius 2 is 1.82 bits per heavy atom. The zero-order valence-corrected chi connectivity index (χ0v) is 22.7. The van der Waals surface area contributed by atoms with Gasteiger partial charge in [0.05, 0.1) is 26.4 Å². The average Bonchev–Trinajstić information content (AvgIpc) is 3.38. The number of morpholine rings is 1. The molecule has 3 aliphatic rings. The van der Waals surface area contributed by atoms with Crippen molar-refractivity contribution in [1.29, 1.82) is 0 Å². The number of benzene rings is 1. The Morgan fingerprint density at radius 1 is 1.08 bits per heavy atom. The summed E-state index contributed by atoms with van der Waals surface area (Å²) in [6.45, 7) is 6.40. The number of aryl methyl sites for hydroxylation is 1. The van der Waals surface area contributed by atoms with Crippen LogP contribution in [0.2, 0.25) is 0 Å². The van der Waals surface area contributed by atoms with Crippen molar-refractivity contribution >= 4 is 29.2 Å². The highest BCUT2D eigenvalue weighted by Crippen LogP contribution is 2.38. The lowest BCUT2D eigenvalue weighted by atomic mass is 10.0. The second kappa shape index (κ2) is 12.2. The number of pyridine rings is 1. The first-order valence-electron chi connectivity index (χ1n) is 13.2. The summed E-state index contributed by atoms with van der Waals surface area (Å²) in [5.41, 5.74) is -0.0395. The van der Waals surface area contributed by atoms with E-state index in [0.29, 0.717) is 51.0 Å². The van der Waals surface area contributed by atoms with E-state index in [0.717, 1.165) is 48.3 Å². The van der Waals surface area contributed by atoms with Crippen LogP contribution in [0.3, 0.4) is 0 Å². The first kappa shape index (κ1) is 27.9. The molecule has 0 radical (unpaired) electrons. The van der Waals surface area contributed by atoms with E-state index in [1.54, 1.807) is 12.3 Å². The smallest absolute Gasteiger partial charge is 0.442 e. The fraction of sp³-hybridized carbons (Fsp3) is 0.556. The van der Waals surface area contributed by atoms with E-state index >= 15 is 0 Å². The normalized spacial score (nSPS) is 20.8. The summed E-state index contributed by atoms with van der Waals surface area (Å²) in [6.07, 6.45) is 3.79. The van der Waals surface area contributed by atoms with Crippen LogP contribution < -0.4 is 15.0 Å². The van der Waals surface area contributed by atoms with Crippen LogP contribution in [-0.2, 0) is 9.47 Å². The van der Waals surface area contributed by atoms with Gasteiger partial charge in [-0.3, -0.25) is 0 Å². The van der Waals surface area contributed by atoms with E-state index in [1.165, 1.54) is 4.90 Å². The van der Waals surface area contributed by atoms with Crippen LogP contribution in [0, 0.1) is 6.92 Å². The molecule has 0 bridgehead atoms. The quantitative estimate of drug-likeness (QED) is 0.508. The Bertz CT molecular complexity index is 1160. The number of hydrogen-bond acceptors (Lipinski definition) is 7. The Labute approximate surface area is 230 Å². The number of nitrogens with one attached hydrogen (secondary N) is 1. The monoisotopic (exact) mass is 566 g/mol. The summed E-state index contributed by atoms with van der Waals surface area (Å²) in [5.74, 6) is 0.593. The Balaban J connectivity index is 1.34. The van der Waals surface area contributed by atoms with Gasteiger partial charge in [0.15, 0.2) is 0 Å². The van der Waals surface area contributed by atoms with Gasteiger partial charge in [0.1, 0.15) is 11.8 Å². The van der Waals surface area contributed by atoms with E-state index in [-0.39, 0.29) is 24.4 Å². The van der Waals surface area contributed by atoms with Crippen molar-refractivity contribution in [2.24, 2.45) is 0 Å². The number of nitrogens with zero attached hydrogens (tertiary/aromatic N) is 3. The van der Waals surface area contributed by atoms with Gasteiger partial charge >= 0.3 is 11.5 Å². The second-order valence-electron chi connectivity index (χ2n) is 9.96. The number of thioether (sulfide) groups is 1. The van der Waals surface area contributed by atoms with Gasteiger partial charge in [0.2, 0.25) is 5.88 Å². The molecule has 3 saturated heterocycles. The summed E-state index contributed by atoms with van der Waals surface area (Å²) >= 11 is -0.0385. The molecule has 8 nitrogen and oxygen atoms in total. The highest BCUT2D eigenvalue weighted by molar-refractivity contribution is 8.00. The molecule has 212 valence electrons. The minimum absolute atomic E-state index is 0.0385. The Kier molecular flexibility index (Phi) is 8.73. The van der Waals surface area contributed by atoms with Crippen molar-refractivity contribution in [3.05, 3.63) is 36.0 Å². The maximum Gasteiger partial charge on any atom is 0.442 e. The SMILES string of the molecule is Cc1ccc(NC(=O)N2CC[C@@H](SC(F)(F)F)C2)cc1-c1cnc(OC2CCOCC2)c(N2CCOCC2)c1. The molecule has 0 unspecified atom stereocenters. The topological polar surface area (TPSA) is 76.2 Å². The fourth-order valence-corrected chi connectivity index (χ4v) is 5.93. The molecule has 1 atom stereocenters. The molecule has 0 aliphatic carbocycles. The third-order valence-electron chi connectivity index (χ3n) is 7.16. The van der Waals surface area contributed by atoms with Crippen LogP contribution in [0.25, 0.3) is 11.1 Å². The van der Waals surface area contributed by atoms with E-state index in [2.05, 4.69) is 16.3 Å². The number of carbonyl (C=O) groups excluding carboxylic acids is 1. The molecule has 2 amide bonds. The average molecular weight is 567 g/mol. The summed E-state index contributed by atoms with van der Waals surface area (Å²) in [5, 5.41) is 2.22. The molecular weight excluding hydrogens is 533 g/mol. The van der Waals surface area contributed by atoms with Gasteiger partial charge in [-0.2, -0.15) is 13.2 Å². The highest BCUT2D eigenvalue weighted by atomic mass is 32.2. The van der Waals surface area contributed by atoms with Crippen molar-refractivity contribution in [3.8, 4) is 17.0 Å². The molecule has 3 aliphatic heterocycles. The fourth-order valence-electron chi connectivity index (χ4n) is 5.07. The molecule has 4 heterocycles. The van der Waals surface area contributed by atoms with Gasteiger partial charge in [-0.15, -0.1) is 0 Å². The van der Waals surface area contributed by atoms with Crippen LogP contribution in [-0.4, -0.2) is 85.4 Å². The number of carbonyl (C=O) groups is 1. The zero-order valence-electron chi connectivity index (χ0n) is 21.8. The number of ether oxygens (including phenoxy) is 3. The minimum Gasteiger partial charge on any atom is -0.473 e. The number of alkyl halides is 3. The molecule has 2 aromatic rings. The predicted octanol–water partition coefficient (Wildman–Crippen LogP) is 5.31. The van der Waals surface area contributed by atoms with Crippen molar-refractivity contribution < 1.29 is 32.2 Å². The van der Waals surface area contributed by atoms with Crippen molar-refractivity contribution in [1.82, 2.24) is 9.88 Å². The molecule has 0 spiro atoms. The lowest BCUT2D eigenvalue weighted by Gasteiger charge is -2.31. The van der Waals surface area contributed by atoms with Crippen LogP contribution in [0.4, 0.5) is 29.3 Å². The summed E-state index contributed by atoms with van der Waals surface area (Å²) in [6, 6.07) is 7.26. The molecule has 1 aromatic carbocycles. The van der Waals surface area contributed by atoms with Crippen LogP contribution in [0.5, 0.6) is 5.88 Å². The summed E-state index contributed by atoms with van der Waals surface area (Å²) in [4.78, 5) is 21.2. The Morgan fingerprint density at radius 3 is 2.56 bits per heavy atom. The first-order chi connectivity index (χ1) is 18.7. The number of hydrogen-bond donors (Lipinski definition) is 1. The number of amides is 2. The van der Waals surface area contributed by atoms with Crippen molar-refractivity contribution in [3.63, 3.8) is 0 Å². The number of aromatic nitrogens is 1. The van der Waals surface area contributed by atoms with E-state index < -0.39 is 16.8 Å². The summed E-state index contributed by atoms with van der Waals surface area (Å²) < 4.78 is 55.5. The third kappa shape index (κ3) is 7.29. The molecule has 12 heteroatoms. The third-order valence-corrected chi connectivity index (χ3v) is 8.15. The molecule has 3 fully saturated rings. The molecule has 1 aromatic heterocycles. The summed E-state index contributed by atoms with van der Waals surface area (Å²) in [7, 11) is 0. The number of urea groups is 1. The standard InChI is InChI=1S/C27H33F3N4O4S/c1-18-2-3-20(32-26(35)34-7-4-22(17-34)39-27(28,29)30)15-23(18)19-14-24(33-8-12-37-13-9-33)25(31-16-19)38-21-5-10-36-11-6-21/h2-3,14-16,21-22H,4-13,17H2,1H3,(H,32,35)/t22-/m1/s1. The van der Waals surface area contributed by atoms with E-state index in [1.807, 2.05) is 19.1 Å². The lowest BCUT2D eigenvalue weighted by Crippen LogP contribution is -2.37. The molecule has 39 heavy (non-hydrogen) atoms. The van der Waals surface area contributed by atoms with Gasteiger partial charge in [0, 0.05) is 61.7 Å². The zero-order chi connectivity index (χ0) is 27.4. The number of anilines is 2. The maximum atomic E-state index is 12.8. The van der Waals surface area contributed by atoms with Gasteiger partial charge < -0.3 is 29.3 Å². The van der Waals surface area contributed by atoms with Gasteiger partial charge in [-0.05, 0) is 54.4 Å². The van der Waals surface area contributed by atoms with Crippen molar-refractivity contribution in [2.45, 2.75) is 43.0 Å². The number of halogens is 3. The predicted molar refractivity (Wildman–Crippen MR) is 145 cm³/mol. The van der Waals surface area contributed by atoms with E-state index in [9.17, 15) is 18.0 Å². The van der Waals surface area contributed by atoms with E-state index in [4.69, 9.17) is 19.2 Å². The number of likely N-dealkylation sites (tertiary alicyclic amines) is 1. The number of rotatable bonds is 6. The largest absolute Gasteiger partial charge is 0.473 e. The molecule has 5 rings (SSSR count).